The second-order valence-electron chi connectivity index (χ2n) is 40.8. The van der Waals surface area contributed by atoms with Gasteiger partial charge >= 0.3 is 0 Å². The third-order valence-corrected chi connectivity index (χ3v) is 24.7. The van der Waals surface area contributed by atoms with Crippen molar-refractivity contribution in [3.8, 4) is 0 Å². The number of rotatable bonds is 51. The largest absolute Gasteiger partial charge is 0.396 e. The van der Waals surface area contributed by atoms with Crippen LogP contribution in [-0.2, 0) is 105 Å². The first-order chi connectivity index (χ1) is 65.6. The Labute approximate surface area is 845 Å². The van der Waals surface area contributed by atoms with Crippen LogP contribution < -0.4 is 0 Å². The predicted molar refractivity (Wildman–Crippen MR) is 565 cm³/mol. The third kappa shape index (κ3) is 53.5. The lowest BCUT2D eigenvalue weighted by Crippen LogP contribution is -2.64. The smallest absolute Gasteiger partial charge is 0.113 e. The van der Waals surface area contributed by atoms with E-state index < -0.39 is 24.4 Å². The van der Waals surface area contributed by atoms with E-state index in [1.165, 1.54) is 44.1 Å². The number of aliphatic hydroxyl groups excluding tert-OH is 5. The van der Waals surface area contributed by atoms with Crippen molar-refractivity contribution >= 4 is 47.8 Å². The molecule has 1 saturated carbocycles. The molecule has 1 aliphatic carbocycles. The maximum atomic E-state index is 9.90. The Hall–Kier alpha value is -5.52. The van der Waals surface area contributed by atoms with E-state index in [-0.39, 0.29) is 84.6 Å². The molecule has 2 aliphatic heterocycles. The normalized spacial score (nSPS) is 20.4. The Balaban J connectivity index is 0.000000290. The molecule has 12 atom stereocenters. The number of ether oxygens (including phenoxy) is 11. The Kier molecular flexibility index (Phi) is 61.5. The number of likely N-dealkylation sites (tertiary alicyclic amines) is 2. The van der Waals surface area contributed by atoms with Gasteiger partial charge in [-0.15, -0.1) is 0 Å². The maximum absolute atomic E-state index is 9.90. The van der Waals surface area contributed by atoms with Crippen LogP contribution in [0.3, 0.4) is 0 Å². The van der Waals surface area contributed by atoms with Crippen LogP contribution in [0.5, 0.6) is 0 Å². The highest BCUT2D eigenvalue weighted by atomic mass is 79.9. The van der Waals surface area contributed by atoms with Crippen LogP contribution in [0.1, 0.15) is 217 Å². The summed E-state index contributed by atoms with van der Waals surface area (Å²) in [7, 11) is 0. The van der Waals surface area contributed by atoms with E-state index in [9.17, 15) is 20.4 Å². The van der Waals surface area contributed by atoms with E-state index in [2.05, 4.69) is 285 Å². The van der Waals surface area contributed by atoms with Crippen LogP contribution in [0.15, 0.2) is 243 Å². The van der Waals surface area contributed by atoms with Gasteiger partial charge in [-0.1, -0.05) is 386 Å². The van der Waals surface area contributed by atoms with E-state index in [1.807, 2.05) is 98.5 Å². The first-order valence-electron chi connectivity index (χ1n) is 49.9. The molecule has 0 amide bonds. The number of hydrogen-bond donors (Lipinski definition) is 5. The lowest BCUT2D eigenvalue weighted by molar-refractivity contribution is -0.210. The summed E-state index contributed by atoms with van der Waals surface area (Å²) in [6.07, 6.45) is 11.2. The summed E-state index contributed by atoms with van der Waals surface area (Å²) in [5, 5.41) is 50.5. The van der Waals surface area contributed by atoms with Crippen molar-refractivity contribution in [1.29, 1.82) is 0 Å². The molecule has 136 heavy (non-hydrogen) atoms. The fraction of sp³-hybridized carbons (Fsp3) is 0.583. The number of hydrogen-bond acceptors (Lipinski definition) is 18. The van der Waals surface area contributed by atoms with Crippen molar-refractivity contribution in [1.82, 2.24) is 9.80 Å². The Bertz CT molecular complexity index is 4120. The molecule has 0 bridgehead atoms. The highest BCUT2D eigenvalue weighted by Crippen LogP contribution is 2.36. The number of halogens is 3. The average molecular weight is 2080 g/mol. The van der Waals surface area contributed by atoms with Gasteiger partial charge < -0.3 is 77.6 Å². The molecule has 3 aliphatic rings. The van der Waals surface area contributed by atoms with E-state index in [1.54, 1.807) is 0 Å². The van der Waals surface area contributed by atoms with Gasteiger partial charge in [0.2, 0.25) is 0 Å². The Morgan fingerprint density at radius 3 is 0.904 bits per heavy atom. The van der Waals surface area contributed by atoms with Gasteiger partial charge in [0.25, 0.3) is 0 Å². The monoisotopic (exact) mass is 2070 g/mol. The van der Waals surface area contributed by atoms with Crippen molar-refractivity contribution in [3.05, 3.63) is 287 Å². The fourth-order valence-electron chi connectivity index (χ4n) is 15.5. The summed E-state index contributed by atoms with van der Waals surface area (Å²) >= 11 is 10.1. The topological polar surface area (TPSA) is 209 Å². The Morgan fingerprint density at radius 2 is 0.574 bits per heavy atom. The molecule has 3 fully saturated rings. The van der Waals surface area contributed by atoms with Crippen molar-refractivity contribution in [2.45, 2.75) is 293 Å². The molecule has 21 heteroatoms. The zero-order chi connectivity index (χ0) is 98.3. The van der Waals surface area contributed by atoms with E-state index in [4.69, 9.17) is 57.2 Å². The summed E-state index contributed by atoms with van der Waals surface area (Å²) in [5.41, 5.74) is 9.98. The van der Waals surface area contributed by atoms with Gasteiger partial charge in [-0.25, -0.2) is 0 Å². The zero-order valence-corrected chi connectivity index (χ0v) is 89.1. The first kappa shape index (κ1) is 119. The van der Waals surface area contributed by atoms with Gasteiger partial charge in [-0.2, -0.15) is 0 Å². The van der Waals surface area contributed by atoms with Crippen molar-refractivity contribution < 1.29 is 77.6 Å². The minimum absolute atomic E-state index is 0.0167. The van der Waals surface area contributed by atoms with Crippen LogP contribution >= 0.6 is 47.8 Å². The zero-order valence-electron chi connectivity index (χ0n) is 84.4. The van der Waals surface area contributed by atoms with Gasteiger partial charge in [0.05, 0.1) is 129 Å². The van der Waals surface area contributed by atoms with Crippen LogP contribution in [0, 0.1) is 27.6 Å². The number of nitrogens with zero attached hydrogens (tertiary/aromatic N) is 2. The van der Waals surface area contributed by atoms with E-state index in [0.717, 1.165) is 159 Å². The quantitative estimate of drug-likeness (QED) is 0.0177. The first-order valence-corrected chi connectivity index (χ1v) is 53.3. The molecule has 18 nitrogen and oxygen atoms in total. The van der Waals surface area contributed by atoms with Crippen molar-refractivity contribution in [2.24, 2.45) is 27.6 Å². The summed E-state index contributed by atoms with van der Waals surface area (Å²) in [6, 6.07) is 82.4. The summed E-state index contributed by atoms with van der Waals surface area (Å²) < 4.78 is 70.3. The number of alkyl halides is 3. The molecule has 5 N–H and O–H groups in total. The summed E-state index contributed by atoms with van der Waals surface area (Å²) in [5.74, 6) is 0.203. The highest BCUT2D eigenvalue weighted by molar-refractivity contribution is 9.09. The highest BCUT2D eigenvalue weighted by Gasteiger charge is 2.47. The average Bonchev–Trinajstić information content (AvgIpc) is 0.765. The van der Waals surface area contributed by atoms with Crippen LogP contribution in [0.4, 0.5) is 0 Å². The van der Waals surface area contributed by atoms with Crippen molar-refractivity contribution in [2.75, 3.05) is 108 Å². The van der Waals surface area contributed by atoms with Crippen LogP contribution in [-0.4, -0.2) is 211 Å². The lowest BCUT2D eigenvalue weighted by Gasteiger charge is -2.48. The summed E-state index contributed by atoms with van der Waals surface area (Å²) in [4.78, 5) is 4.40. The van der Waals surface area contributed by atoms with Crippen molar-refractivity contribution in [3.63, 3.8) is 0 Å². The maximum Gasteiger partial charge on any atom is 0.113 e. The molecule has 0 aromatic heterocycles. The molecule has 0 spiro atoms. The molecule has 11 rings (SSSR count). The SMILES string of the molecule is BrCCCCCBr.CC(C)(C)CO.CC(C)(C)COCCCCCBr.CC(C)(C)COCCCCCN1C[C@H](O)[C@@H](O)[C@H](O)[C@H]1CO.CC(C)(C)COCCCCCN1C[C@H](OCc2ccccc2)[C@@H](OCc2ccccc2)[C@H](OCc2ccccc2)[C@H]1COCc1ccccc1.c1ccc(COC[C@H]2CC[C@H](OCc3ccccc3)[C@@H](OCc3ccccc3)[C@@H]2OCc2ccccc2)cc1. The standard InChI is InChI=1S/C44H57NO5.C35H38O4.C16H33NO5.C10H21BrO.C5H10Br2.C5H12O/c1-44(2,3)35-46-28-18-8-17-27-45-29-41(48-31-37-21-11-5-12-22-37)43(50-33-39-25-15-7-16-26-39)42(49-32-38-23-13-6-14-24-38)40(45)34-47-30-36-19-9-4-10-20-36;1-5-13-28(14-6-1)23-36-27-32-21-22-33(37-24-29-15-7-2-8-16-29)35(39-26-31-19-11-4-12-20-31)34(32)38-25-30-17-9-3-10-18-30;1-16(2,3)11-22-8-6-4-5-7-17-9-13(19)15(21)14(20)12(17)10-18;1-10(2,3)9-12-8-6-4-5-7-11;6-4-2-1-3-5-7;1-5(2,3)4-6/h4-7,9-16,19-26,40-43H,8,17-18,27-35H2,1-3H3;1-20,32-35H,21-27H2;12-15,18-21H,4-11H2,1-3H3;4-9H2,1-3H3;1-5H2;6H,4H2,1-3H3/t40-,41+,42-,43-;32-,33+,34-,35-;12-,13+,14-,15-;;;/m111.../s1. The second kappa shape index (κ2) is 70.2. The predicted octanol–water partition coefficient (Wildman–Crippen LogP) is 23.8. The fourth-order valence-corrected chi connectivity index (χ4v) is 16.7. The molecule has 0 unspecified atom stereocenters. The molecular formula is C115H171Br3N2O16. The van der Waals surface area contributed by atoms with Crippen LogP contribution in [0.25, 0.3) is 0 Å². The molecular weight excluding hydrogens is 1900 g/mol. The number of benzene rings is 8. The minimum atomic E-state index is -1.18. The van der Waals surface area contributed by atoms with Gasteiger partial charge in [0.15, 0.2) is 0 Å². The minimum Gasteiger partial charge on any atom is -0.396 e. The molecule has 2 heterocycles. The van der Waals surface area contributed by atoms with Gasteiger partial charge in [0, 0.05) is 61.4 Å². The van der Waals surface area contributed by atoms with E-state index in [0.29, 0.717) is 78.0 Å². The van der Waals surface area contributed by atoms with Gasteiger partial charge in [-0.3, -0.25) is 9.80 Å². The number of β-amino-alcohol motifs (C(OH)–C–C–N with tert-alkyl or cyclic N) is 1. The molecule has 8 aromatic rings. The molecule has 0 radical (unpaired) electrons. The number of piperidine rings is 2. The number of aliphatic hydroxyl groups is 5. The van der Waals surface area contributed by atoms with Gasteiger partial charge in [-0.05, 0) is 156 Å². The van der Waals surface area contributed by atoms with E-state index >= 15 is 0 Å². The second-order valence-corrected chi connectivity index (χ2v) is 43.2. The molecule has 2 saturated heterocycles. The Morgan fingerprint density at radius 1 is 0.287 bits per heavy atom. The lowest BCUT2D eigenvalue weighted by atomic mass is 9.82. The molecule has 8 aromatic carbocycles. The van der Waals surface area contributed by atoms with Crippen LogP contribution in [0.2, 0.25) is 0 Å². The number of unbranched alkanes of at least 4 members (excludes halogenated alkanes) is 8. The molecule has 758 valence electrons. The third-order valence-electron chi connectivity index (χ3n) is 23.0. The van der Waals surface area contributed by atoms with Gasteiger partial charge in [0.1, 0.15) is 30.5 Å². The summed E-state index contributed by atoms with van der Waals surface area (Å²) in [6.45, 7) is 38.5.